The van der Waals surface area contributed by atoms with E-state index in [1.807, 2.05) is 12.1 Å². The van der Waals surface area contributed by atoms with Crippen molar-refractivity contribution in [1.82, 2.24) is 4.98 Å². The van der Waals surface area contributed by atoms with Crippen molar-refractivity contribution in [2.24, 2.45) is 0 Å². The van der Waals surface area contributed by atoms with E-state index in [2.05, 4.69) is 4.98 Å². The van der Waals surface area contributed by atoms with E-state index in [9.17, 15) is 4.79 Å². The van der Waals surface area contributed by atoms with Crippen LogP contribution in [-0.2, 0) is 0 Å². The van der Waals surface area contributed by atoms with Crippen LogP contribution in [-0.4, -0.2) is 24.5 Å². The molecule has 3 rings (SSSR count). The van der Waals surface area contributed by atoms with Gasteiger partial charge in [-0.2, -0.15) is 0 Å². The summed E-state index contributed by atoms with van der Waals surface area (Å²) in [5.41, 5.74) is 2.02. The standard InChI is InChI=1S/C16H13NO3/c1-19-13-4-5-15-14(8-13)16(18)12(10-20-15)7-11-3-2-6-17-9-11/h2-9H,10H2,1H3/b12-7+. The Labute approximate surface area is 116 Å². The molecule has 0 fully saturated rings. The molecule has 1 aromatic heterocycles. The minimum absolute atomic E-state index is 0.0333. The third-order valence-electron chi connectivity index (χ3n) is 3.13. The molecule has 0 radical (unpaired) electrons. The largest absolute Gasteiger partial charge is 0.497 e. The Hall–Kier alpha value is -2.62. The lowest BCUT2D eigenvalue weighted by atomic mass is 9.98. The fraction of sp³-hybridized carbons (Fsp3) is 0.125. The topological polar surface area (TPSA) is 48.4 Å². The highest BCUT2D eigenvalue weighted by molar-refractivity contribution is 6.14. The van der Waals surface area contributed by atoms with Crippen molar-refractivity contribution in [3.63, 3.8) is 0 Å². The fourth-order valence-electron chi connectivity index (χ4n) is 2.10. The van der Waals surface area contributed by atoms with Crippen LogP contribution in [0.5, 0.6) is 11.5 Å². The predicted molar refractivity (Wildman–Crippen MR) is 75.0 cm³/mol. The summed E-state index contributed by atoms with van der Waals surface area (Å²) in [4.78, 5) is 16.5. The number of methoxy groups -OCH3 is 1. The zero-order chi connectivity index (χ0) is 13.9. The summed E-state index contributed by atoms with van der Waals surface area (Å²) in [6.45, 7) is 0.271. The molecule has 0 bridgehead atoms. The summed E-state index contributed by atoms with van der Waals surface area (Å²) in [5.74, 6) is 1.21. The number of aromatic nitrogens is 1. The summed E-state index contributed by atoms with van der Waals surface area (Å²) in [6.07, 6.45) is 5.21. The van der Waals surface area contributed by atoms with E-state index in [0.29, 0.717) is 22.6 Å². The molecule has 0 spiro atoms. The lowest BCUT2D eigenvalue weighted by Gasteiger charge is -2.19. The number of fused-ring (bicyclic) bond motifs is 1. The Kier molecular flexibility index (Phi) is 3.21. The molecular weight excluding hydrogens is 254 g/mol. The number of hydrogen-bond donors (Lipinski definition) is 0. The van der Waals surface area contributed by atoms with Crippen molar-refractivity contribution < 1.29 is 14.3 Å². The Morgan fingerprint density at radius 1 is 1.35 bits per heavy atom. The molecule has 0 saturated carbocycles. The van der Waals surface area contributed by atoms with Crippen molar-refractivity contribution in [3.8, 4) is 11.5 Å². The maximum Gasteiger partial charge on any atom is 0.196 e. The molecule has 100 valence electrons. The Morgan fingerprint density at radius 2 is 2.25 bits per heavy atom. The molecule has 2 heterocycles. The molecule has 1 aromatic carbocycles. The van der Waals surface area contributed by atoms with Crippen LogP contribution in [0.25, 0.3) is 6.08 Å². The number of benzene rings is 1. The Balaban J connectivity index is 1.98. The first kappa shape index (κ1) is 12.4. The fourth-order valence-corrected chi connectivity index (χ4v) is 2.10. The van der Waals surface area contributed by atoms with E-state index in [4.69, 9.17) is 9.47 Å². The highest BCUT2D eigenvalue weighted by Gasteiger charge is 2.23. The molecule has 4 nitrogen and oxygen atoms in total. The number of nitrogens with zero attached hydrogens (tertiary/aromatic N) is 1. The van der Waals surface area contributed by atoms with Gasteiger partial charge in [-0.05, 0) is 35.9 Å². The molecule has 0 unspecified atom stereocenters. The van der Waals surface area contributed by atoms with E-state index in [0.717, 1.165) is 5.56 Å². The number of carbonyl (C=O) groups is 1. The second-order valence-corrected chi connectivity index (χ2v) is 4.44. The maximum absolute atomic E-state index is 12.5. The first-order chi connectivity index (χ1) is 9.78. The Bertz CT molecular complexity index is 677. The second kappa shape index (κ2) is 5.17. The average Bonchev–Trinajstić information content (AvgIpc) is 2.51. The van der Waals surface area contributed by atoms with Gasteiger partial charge in [-0.3, -0.25) is 9.78 Å². The molecule has 1 aliphatic rings. The van der Waals surface area contributed by atoms with Gasteiger partial charge in [0.05, 0.1) is 12.7 Å². The second-order valence-electron chi connectivity index (χ2n) is 4.44. The zero-order valence-corrected chi connectivity index (χ0v) is 11.0. The van der Waals surface area contributed by atoms with Crippen LogP contribution >= 0.6 is 0 Å². The van der Waals surface area contributed by atoms with Crippen molar-refractivity contribution in [2.75, 3.05) is 13.7 Å². The molecule has 2 aromatic rings. The number of ketones is 1. The van der Waals surface area contributed by atoms with Crippen LogP contribution in [0.4, 0.5) is 0 Å². The van der Waals surface area contributed by atoms with Crippen LogP contribution in [0.3, 0.4) is 0 Å². The van der Waals surface area contributed by atoms with Crippen molar-refractivity contribution in [3.05, 3.63) is 59.4 Å². The monoisotopic (exact) mass is 267 g/mol. The molecule has 0 aliphatic carbocycles. The molecule has 0 atom stereocenters. The molecule has 4 heteroatoms. The van der Waals surface area contributed by atoms with Gasteiger partial charge in [-0.15, -0.1) is 0 Å². The first-order valence-corrected chi connectivity index (χ1v) is 6.24. The normalized spacial score (nSPS) is 15.7. The van der Waals surface area contributed by atoms with Gasteiger partial charge in [-0.1, -0.05) is 6.07 Å². The molecule has 0 amide bonds. The molecule has 0 saturated heterocycles. The van der Waals surface area contributed by atoms with E-state index in [1.54, 1.807) is 43.8 Å². The lowest BCUT2D eigenvalue weighted by molar-refractivity contribution is 0.100. The summed E-state index contributed by atoms with van der Waals surface area (Å²) in [5, 5.41) is 0. The Morgan fingerprint density at radius 3 is 3.00 bits per heavy atom. The lowest BCUT2D eigenvalue weighted by Crippen LogP contribution is -2.19. The van der Waals surface area contributed by atoms with Crippen molar-refractivity contribution in [1.29, 1.82) is 0 Å². The molecule has 0 N–H and O–H groups in total. The SMILES string of the molecule is COc1ccc2c(c1)C(=O)/C(=C/c1cccnc1)CO2. The van der Waals surface area contributed by atoms with Crippen LogP contribution in [0.15, 0.2) is 48.3 Å². The van der Waals surface area contributed by atoms with Gasteiger partial charge in [0.1, 0.15) is 18.1 Å². The molecule has 20 heavy (non-hydrogen) atoms. The van der Waals surface area contributed by atoms with Gasteiger partial charge in [0.15, 0.2) is 5.78 Å². The van der Waals surface area contributed by atoms with Crippen LogP contribution < -0.4 is 9.47 Å². The van der Waals surface area contributed by atoms with Gasteiger partial charge >= 0.3 is 0 Å². The third kappa shape index (κ3) is 2.28. The van der Waals surface area contributed by atoms with Gasteiger partial charge in [0.25, 0.3) is 0 Å². The van der Waals surface area contributed by atoms with Gasteiger partial charge in [-0.25, -0.2) is 0 Å². The predicted octanol–water partition coefficient (Wildman–Crippen LogP) is 2.75. The van der Waals surface area contributed by atoms with E-state index in [1.165, 1.54) is 0 Å². The minimum atomic E-state index is -0.0333. The van der Waals surface area contributed by atoms with Gasteiger partial charge in [0, 0.05) is 18.0 Å². The van der Waals surface area contributed by atoms with Crippen molar-refractivity contribution in [2.45, 2.75) is 0 Å². The summed E-state index contributed by atoms with van der Waals surface area (Å²) >= 11 is 0. The van der Waals surface area contributed by atoms with Gasteiger partial charge < -0.3 is 9.47 Å². The van der Waals surface area contributed by atoms with Crippen LogP contribution in [0.2, 0.25) is 0 Å². The zero-order valence-electron chi connectivity index (χ0n) is 11.0. The first-order valence-electron chi connectivity index (χ1n) is 6.24. The number of hydrogen-bond acceptors (Lipinski definition) is 4. The summed E-state index contributed by atoms with van der Waals surface area (Å²) < 4.78 is 10.8. The summed E-state index contributed by atoms with van der Waals surface area (Å²) in [6, 6.07) is 8.97. The number of rotatable bonds is 2. The number of pyridine rings is 1. The van der Waals surface area contributed by atoms with E-state index >= 15 is 0 Å². The van der Waals surface area contributed by atoms with E-state index < -0.39 is 0 Å². The van der Waals surface area contributed by atoms with Gasteiger partial charge in [0.2, 0.25) is 0 Å². The summed E-state index contributed by atoms with van der Waals surface area (Å²) in [7, 11) is 1.57. The van der Waals surface area contributed by atoms with E-state index in [-0.39, 0.29) is 12.4 Å². The maximum atomic E-state index is 12.5. The van der Waals surface area contributed by atoms with Crippen LogP contribution in [0.1, 0.15) is 15.9 Å². The average molecular weight is 267 g/mol. The smallest absolute Gasteiger partial charge is 0.196 e. The molecular formula is C16H13NO3. The molecule has 1 aliphatic heterocycles. The number of Topliss-reactive ketones (excluding diaryl/α,β-unsaturated/α-hetero) is 1. The number of carbonyl (C=O) groups excluding carboxylic acids is 1. The minimum Gasteiger partial charge on any atom is -0.497 e. The van der Waals surface area contributed by atoms with Crippen LogP contribution in [0, 0.1) is 0 Å². The highest BCUT2D eigenvalue weighted by atomic mass is 16.5. The quantitative estimate of drug-likeness (QED) is 0.785. The highest BCUT2D eigenvalue weighted by Crippen LogP contribution is 2.31. The van der Waals surface area contributed by atoms with Crippen molar-refractivity contribution >= 4 is 11.9 Å². The third-order valence-corrected chi connectivity index (χ3v) is 3.13. The number of ether oxygens (including phenoxy) is 2.